The number of ether oxygens (including phenoxy) is 4. The molecule has 0 atom stereocenters. The van der Waals surface area contributed by atoms with Crippen LogP contribution >= 0.6 is 0 Å². The van der Waals surface area contributed by atoms with Crippen LogP contribution in [0.4, 0.5) is 4.39 Å². The van der Waals surface area contributed by atoms with Crippen molar-refractivity contribution in [3.8, 4) is 28.6 Å². The van der Waals surface area contributed by atoms with Gasteiger partial charge in [-0.25, -0.2) is 9.18 Å². The van der Waals surface area contributed by atoms with Crippen LogP contribution in [0.15, 0.2) is 65.1 Å². The molecule has 4 rings (SSSR count). The highest BCUT2D eigenvalue weighted by Gasteiger charge is 2.22. The minimum atomic E-state index is -0.564. The molecular weight excluding hydrogens is 415 g/mol. The number of esters is 1. The standard InChI is InChI=1S/C25H21FO6/c1-28-21-12-16(13-22(29-2)24(21)30-3)23-19(18-6-4-5-7-20(18)32-23)14-31-25(27)15-8-10-17(26)11-9-15/h4-13H,14H2,1-3H3. The van der Waals surface area contributed by atoms with Gasteiger partial charge in [-0.05, 0) is 42.5 Å². The number of methoxy groups -OCH3 is 3. The van der Waals surface area contributed by atoms with E-state index in [4.69, 9.17) is 23.4 Å². The number of carbonyl (C=O) groups excluding carboxylic acids is 1. The molecule has 0 aliphatic rings. The van der Waals surface area contributed by atoms with Gasteiger partial charge in [0.1, 0.15) is 23.8 Å². The first kappa shape index (κ1) is 21.2. The van der Waals surface area contributed by atoms with Crippen molar-refractivity contribution in [2.45, 2.75) is 6.61 Å². The Morgan fingerprint density at radius 3 is 2.19 bits per heavy atom. The van der Waals surface area contributed by atoms with Gasteiger partial charge in [0.05, 0.1) is 26.9 Å². The molecule has 0 bridgehead atoms. The van der Waals surface area contributed by atoms with E-state index in [1.807, 2.05) is 24.3 Å². The highest BCUT2D eigenvalue weighted by Crippen LogP contribution is 2.43. The molecule has 6 nitrogen and oxygen atoms in total. The molecule has 1 aromatic heterocycles. The van der Waals surface area contributed by atoms with Gasteiger partial charge in [-0.15, -0.1) is 0 Å². The van der Waals surface area contributed by atoms with E-state index in [0.29, 0.717) is 39.7 Å². The number of halogens is 1. The first-order valence-electron chi connectivity index (χ1n) is 9.79. The lowest BCUT2D eigenvalue weighted by molar-refractivity contribution is 0.0474. The van der Waals surface area contributed by atoms with Gasteiger partial charge in [-0.3, -0.25) is 0 Å². The van der Waals surface area contributed by atoms with Crippen molar-refractivity contribution in [1.82, 2.24) is 0 Å². The Morgan fingerprint density at radius 1 is 0.906 bits per heavy atom. The predicted octanol–water partition coefficient (Wildman–Crippen LogP) is 5.62. The Bertz CT molecular complexity index is 1230. The van der Waals surface area contributed by atoms with E-state index in [0.717, 1.165) is 5.39 Å². The molecule has 0 radical (unpaired) electrons. The van der Waals surface area contributed by atoms with Crippen LogP contribution in [-0.4, -0.2) is 27.3 Å². The Hall–Kier alpha value is -4.00. The number of benzene rings is 3. The first-order valence-corrected chi connectivity index (χ1v) is 9.79. The van der Waals surface area contributed by atoms with Crippen molar-refractivity contribution in [3.05, 3.63) is 77.6 Å². The van der Waals surface area contributed by atoms with Crippen LogP contribution in [0.2, 0.25) is 0 Å². The van der Waals surface area contributed by atoms with Gasteiger partial charge in [-0.2, -0.15) is 0 Å². The van der Waals surface area contributed by atoms with Crippen LogP contribution in [0, 0.1) is 5.82 Å². The number of para-hydroxylation sites is 1. The largest absolute Gasteiger partial charge is 0.493 e. The number of rotatable bonds is 7. The van der Waals surface area contributed by atoms with Crippen molar-refractivity contribution >= 4 is 16.9 Å². The second-order valence-corrected chi connectivity index (χ2v) is 6.90. The van der Waals surface area contributed by atoms with Crippen LogP contribution < -0.4 is 14.2 Å². The van der Waals surface area contributed by atoms with E-state index in [9.17, 15) is 9.18 Å². The number of fused-ring (bicyclic) bond motifs is 1. The van der Waals surface area contributed by atoms with E-state index in [-0.39, 0.29) is 12.2 Å². The van der Waals surface area contributed by atoms with Crippen molar-refractivity contribution in [2.24, 2.45) is 0 Å². The fourth-order valence-electron chi connectivity index (χ4n) is 3.49. The molecule has 3 aromatic carbocycles. The average molecular weight is 436 g/mol. The first-order chi connectivity index (χ1) is 15.5. The summed E-state index contributed by atoms with van der Waals surface area (Å²) in [6, 6.07) is 16.2. The van der Waals surface area contributed by atoms with Gasteiger partial charge in [0, 0.05) is 16.5 Å². The zero-order chi connectivity index (χ0) is 22.7. The van der Waals surface area contributed by atoms with Gasteiger partial charge >= 0.3 is 5.97 Å². The molecule has 7 heteroatoms. The summed E-state index contributed by atoms with van der Waals surface area (Å²) in [4.78, 5) is 12.5. The molecule has 0 aliphatic heterocycles. The highest BCUT2D eigenvalue weighted by molar-refractivity contribution is 5.91. The summed E-state index contributed by atoms with van der Waals surface area (Å²) in [5.74, 6) is 0.919. The van der Waals surface area contributed by atoms with E-state index in [1.54, 1.807) is 12.1 Å². The lowest BCUT2D eigenvalue weighted by Crippen LogP contribution is -2.05. The quantitative estimate of drug-likeness (QED) is 0.350. The second kappa shape index (κ2) is 9.01. The Balaban J connectivity index is 1.75. The van der Waals surface area contributed by atoms with Crippen LogP contribution in [0.5, 0.6) is 17.2 Å². The van der Waals surface area contributed by atoms with E-state index in [2.05, 4.69) is 0 Å². The fourth-order valence-corrected chi connectivity index (χ4v) is 3.49. The monoisotopic (exact) mass is 436 g/mol. The van der Waals surface area contributed by atoms with Gasteiger partial charge in [0.25, 0.3) is 0 Å². The number of hydrogen-bond acceptors (Lipinski definition) is 6. The second-order valence-electron chi connectivity index (χ2n) is 6.90. The maximum absolute atomic E-state index is 13.2. The van der Waals surface area contributed by atoms with E-state index in [1.165, 1.54) is 45.6 Å². The maximum atomic E-state index is 13.2. The average Bonchev–Trinajstić information content (AvgIpc) is 3.20. The van der Waals surface area contributed by atoms with E-state index < -0.39 is 11.8 Å². The zero-order valence-electron chi connectivity index (χ0n) is 17.8. The third kappa shape index (κ3) is 3.97. The molecule has 0 amide bonds. The van der Waals surface area contributed by atoms with Crippen molar-refractivity contribution in [3.63, 3.8) is 0 Å². The van der Waals surface area contributed by atoms with Crippen LogP contribution in [0.3, 0.4) is 0 Å². The van der Waals surface area contributed by atoms with Gasteiger partial charge in [-0.1, -0.05) is 18.2 Å². The third-order valence-electron chi connectivity index (χ3n) is 5.05. The van der Waals surface area contributed by atoms with E-state index >= 15 is 0 Å². The molecule has 4 aromatic rings. The molecule has 0 aliphatic carbocycles. The summed E-state index contributed by atoms with van der Waals surface area (Å²) in [5, 5.41) is 0.808. The molecule has 0 fully saturated rings. The van der Waals surface area contributed by atoms with Gasteiger partial charge < -0.3 is 23.4 Å². The molecule has 0 saturated heterocycles. The summed E-state index contributed by atoms with van der Waals surface area (Å²) in [5.41, 5.74) is 2.26. The minimum Gasteiger partial charge on any atom is -0.493 e. The maximum Gasteiger partial charge on any atom is 0.338 e. The number of hydrogen-bond donors (Lipinski definition) is 0. The number of carbonyl (C=O) groups is 1. The predicted molar refractivity (Wildman–Crippen MR) is 117 cm³/mol. The molecule has 0 N–H and O–H groups in total. The molecule has 0 unspecified atom stereocenters. The summed E-state index contributed by atoms with van der Waals surface area (Å²) in [7, 11) is 4.59. The van der Waals surface area contributed by atoms with Crippen molar-refractivity contribution in [2.75, 3.05) is 21.3 Å². The molecule has 1 heterocycles. The summed E-state index contributed by atoms with van der Waals surface area (Å²) < 4.78 is 41.1. The molecule has 0 spiro atoms. The molecule has 0 saturated carbocycles. The summed E-state index contributed by atoms with van der Waals surface area (Å²) >= 11 is 0. The summed E-state index contributed by atoms with van der Waals surface area (Å²) in [6.45, 7) is -0.0424. The highest BCUT2D eigenvalue weighted by atomic mass is 19.1. The fraction of sp³-hybridized carbons (Fsp3) is 0.160. The minimum absolute atomic E-state index is 0.0424. The molecule has 32 heavy (non-hydrogen) atoms. The Kier molecular flexibility index (Phi) is 5.98. The van der Waals surface area contributed by atoms with Crippen LogP contribution in [0.1, 0.15) is 15.9 Å². The van der Waals surface area contributed by atoms with Crippen LogP contribution in [0.25, 0.3) is 22.3 Å². The molecule has 164 valence electrons. The third-order valence-corrected chi connectivity index (χ3v) is 5.05. The lowest BCUT2D eigenvalue weighted by Gasteiger charge is -2.14. The Morgan fingerprint density at radius 2 is 1.56 bits per heavy atom. The summed E-state index contributed by atoms with van der Waals surface area (Å²) in [6.07, 6.45) is 0. The van der Waals surface area contributed by atoms with Crippen molar-refractivity contribution in [1.29, 1.82) is 0 Å². The number of furan rings is 1. The van der Waals surface area contributed by atoms with Gasteiger partial charge in [0.15, 0.2) is 11.5 Å². The molecular formula is C25H21FO6. The zero-order valence-corrected chi connectivity index (χ0v) is 17.8. The topological polar surface area (TPSA) is 67.1 Å². The normalized spacial score (nSPS) is 10.8. The SMILES string of the molecule is COc1cc(-c2oc3ccccc3c2COC(=O)c2ccc(F)cc2)cc(OC)c1OC. The van der Waals surface area contributed by atoms with Crippen molar-refractivity contribution < 1.29 is 32.5 Å². The lowest BCUT2D eigenvalue weighted by atomic mass is 10.0. The van der Waals surface area contributed by atoms with Crippen LogP contribution in [-0.2, 0) is 11.3 Å². The van der Waals surface area contributed by atoms with Gasteiger partial charge in [0.2, 0.25) is 5.75 Å². The Labute approximate surface area is 184 Å². The smallest absolute Gasteiger partial charge is 0.338 e.